The molecule has 0 saturated heterocycles. The number of anilines is 6. The minimum absolute atomic E-state index is 0.392. The molecule has 11 rings (SSSR count). The second-order valence-electron chi connectivity index (χ2n) is 14.9. The summed E-state index contributed by atoms with van der Waals surface area (Å²) in [4.78, 5) is 22.1. The molecule has 5 heterocycles. The summed E-state index contributed by atoms with van der Waals surface area (Å²) >= 11 is 0. The Morgan fingerprint density at radius 2 is 1.00 bits per heavy atom. The van der Waals surface area contributed by atoms with Crippen LogP contribution in [-0.4, -0.2) is 21.7 Å². The van der Waals surface area contributed by atoms with Gasteiger partial charge in [-0.2, -0.15) is 0 Å². The van der Waals surface area contributed by atoms with E-state index in [4.69, 9.17) is 17.7 Å². The lowest BCUT2D eigenvalue weighted by atomic mass is 10.0. The minimum Gasteiger partial charge on any atom is -0.464 e. The third kappa shape index (κ3) is 7.01. The van der Waals surface area contributed by atoms with Crippen LogP contribution in [0.2, 0.25) is 0 Å². The van der Waals surface area contributed by atoms with Gasteiger partial charge in [0.2, 0.25) is 23.4 Å². The quantitative estimate of drug-likeness (QED) is 0.118. The summed E-state index contributed by atoms with van der Waals surface area (Å²) in [7, 11) is 0. The summed E-state index contributed by atoms with van der Waals surface area (Å²) in [5.74, 6) is 1.40. The van der Waals surface area contributed by atoms with Crippen molar-refractivity contribution < 1.29 is 17.7 Å². The van der Waals surface area contributed by atoms with Crippen LogP contribution in [0, 0.1) is 0 Å². The summed E-state index contributed by atoms with van der Waals surface area (Å²) in [5, 5.41) is 2.04. The Hall–Kier alpha value is -8.76. The average molecular weight is 821 g/mol. The van der Waals surface area contributed by atoms with Crippen LogP contribution in [0.3, 0.4) is 0 Å². The maximum absolute atomic E-state index is 5.97. The van der Waals surface area contributed by atoms with Crippen molar-refractivity contribution in [2.24, 2.45) is 4.99 Å². The summed E-state index contributed by atoms with van der Waals surface area (Å²) in [6.45, 7) is 5.57. The van der Waals surface area contributed by atoms with Crippen LogP contribution in [-0.2, 0) is 0 Å². The number of pyridine rings is 1. The molecule has 11 aromatic rings. The molecule has 302 valence electrons. The molecule has 63 heavy (non-hydrogen) atoms. The molecule has 0 atom stereocenters. The first-order chi connectivity index (χ1) is 31.1. The van der Waals surface area contributed by atoms with E-state index in [9.17, 15) is 0 Å². The molecule has 0 radical (unpaired) electrons. The van der Waals surface area contributed by atoms with E-state index < -0.39 is 0 Å². The Labute approximate surface area is 361 Å². The molecule has 0 bridgehead atoms. The predicted molar refractivity (Wildman–Crippen MR) is 251 cm³/mol. The number of aliphatic imine (C=N–C) groups is 1. The third-order valence-corrected chi connectivity index (χ3v) is 11.0. The highest BCUT2D eigenvalue weighted by Gasteiger charge is 2.19. The molecule has 0 aliphatic heterocycles. The van der Waals surface area contributed by atoms with Crippen molar-refractivity contribution in [1.29, 1.82) is 0 Å². The van der Waals surface area contributed by atoms with Gasteiger partial charge in [-0.15, -0.1) is 0 Å². The van der Waals surface area contributed by atoms with E-state index >= 15 is 0 Å². The van der Waals surface area contributed by atoms with Gasteiger partial charge in [0, 0.05) is 62.2 Å². The maximum atomic E-state index is 5.97. The number of hydrogen-bond donors (Lipinski definition) is 0. The first kappa shape index (κ1) is 37.3. The number of hydrogen-bond acceptors (Lipinski definition) is 10. The lowest BCUT2D eigenvalue weighted by molar-refractivity contribution is 0.585. The van der Waals surface area contributed by atoms with Gasteiger partial charge >= 0.3 is 0 Å². The average Bonchev–Trinajstić information content (AvgIpc) is 4.17. The summed E-state index contributed by atoms with van der Waals surface area (Å²) < 4.78 is 23.3. The van der Waals surface area contributed by atoms with Gasteiger partial charge in [0.15, 0.2) is 0 Å². The maximum Gasteiger partial charge on any atom is 0.247 e. The number of oxazole rings is 2. The second kappa shape index (κ2) is 15.7. The molecule has 10 heteroatoms. The van der Waals surface area contributed by atoms with Crippen LogP contribution in [0.5, 0.6) is 0 Å². The fraction of sp³-hybridized carbons (Fsp3) is 0.0189. The molecular formula is C53H36N6O4. The third-order valence-electron chi connectivity index (χ3n) is 11.0. The molecule has 0 amide bonds. The summed E-state index contributed by atoms with van der Waals surface area (Å²) in [5.41, 5.74) is 13.3. The van der Waals surface area contributed by atoms with E-state index in [1.807, 2.05) is 79.7 Å². The molecular weight excluding hydrogens is 785 g/mol. The zero-order chi connectivity index (χ0) is 42.3. The van der Waals surface area contributed by atoms with Crippen LogP contribution in [0.4, 0.5) is 40.0 Å². The second-order valence-corrected chi connectivity index (χ2v) is 14.9. The summed E-state index contributed by atoms with van der Waals surface area (Å²) in [6.07, 6.45) is 8.89. The van der Waals surface area contributed by atoms with Crippen LogP contribution >= 0.6 is 0 Å². The molecule has 0 saturated carbocycles. The van der Waals surface area contributed by atoms with E-state index in [-0.39, 0.29) is 0 Å². The highest BCUT2D eigenvalue weighted by molar-refractivity contribution is 5.89. The summed E-state index contributed by atoms with van der Waals surface area (Å²) in [6, 6.07) is 53.8. The van der Waals surface area contributed by atoms with Crippen molar-refractivity contribution in [1.82, 2.24) is 15.0 Å². The van der Waals surface area contributed by atoms with Crippen molar-refractivity contribution >= 4 is 86.0 Å². The van der Waals surface area contributed by atoms with Gasteiger partial charge in [-0.1, -0.05) is 30.3 Å². The number of nitrogens with zero attached hydrogens (tertiary/aromatic N) is 6. The van der Waals surface area contributed by atoms with Gasteiger partial charge in [-0.05, 0) is 164 Å². The Kier molecular flexibility index (Phi) is 9.28. The van der Waals surface area contributed by atoms with E-state index in [1.165, 1.54) is 0 Å². The van der Waals surface area contributed by atoms with E-state index in [2.05, 4.69) is 134 Å². The van der Waals surface area contributed by atoms with E-state index in [0.29, 0.717) is 29.1 Å². The van der Waals surface area contributed by atoms with E-state index in [1.54, 1.807) is 18.7 Å². The number of benzene rings is 6. The number of fused-ring (bicyclic) bond motifs is 3. The van der Waals surface area contributed by atoms with Crippen LogP contribution < -0.4 is 9.80 Å². The largest absolute Gasteiger partial charge is 0.464 e. The molecule has 0 fully saturated rings. The molecule has 10 nitrogen and oxygen atoms in total. The number of allylic oxidation sites excluding steroid dienone is 1. The highest BCUT2D eigenvalue weighted by Crippen LogP contribution is 2.41. The van der Waals surface area contributed by atoms with Crippen molar-refractivity contribution in [3.63, 3.8) is 0 Å². The van der Waals surface area contributed by atoms with Gasteiger partial charge in [0.05, 0.1) is 12.5 Å². The van der Waals surface area contributed by atoms with Crippen LogP contribution in [0.1, 0.15) is 12.6 Å². The predicted octanol–water partition coefficient (Wildman–Crippen LogP) is 15.0. The SMILES string of the molecule is C=Nc1oc(-c2ccc(N(c3ccc(-c4ccc(N(c5ccc(-c6nc7cccnc7o6)cc5)c5ccc6occc6c5)cc4)cc3)c3ccc4occc4c3)cc2)nc1/C=C\C. The van der Waals surface area contributed by atoms with Crippen molar-refractivity contribution in [2.75, 3.05) is 9.80 Å². The molecule has 6 aromatic carbocycles. The van der Waals surface area contributed by atoms with Gasteiger partial charge in [-0.25, -0.2) is 19.9 Å². The Balaban J connectivity index is 0.908. The fourth-order valence-corrected chi connectivity index (χ4v) is 7.91. The zero-order valence-corrected chi connectivity index (χ0v) is 33.9. The van der Waals surface area contributed by atoms with Crippen molar-refractivity contribution in [3.05, 3.63) is 188 Å². The van der Waals surface area contributed by atoms with Crippen LogP contribution in [0.15, 0.2) is 205 Å². The highest BCUT2D eigenvalue weighted by atomic mass is 16.4. The van der Waals surface area contributed by atoms with Gasteiger partial charge in [0.1, 0.15) is 22.4 Å². The first-order valence-electron chi connectivity index (χ1n) is 20.4. The molecule has 0 N–H and O–H groups in total. The molecule has 0 aliphatic carbocycles. The Bertz CT molecular complexity index is 3400. The molecule has 0 unspecified atom stereocenters. The molecule has 0 aliphatic rings. The lowest BCUT2D eigenvalue weighted by Crippen LogP contribution is -2.10. The molecule has 5 aromatic heterocycles. The van der Waals surface area contributed by atoms with Crippen molar-refractivity contribution in [2.45, 2.75) is 6.92 Å². The smallest absolute Gasteiger partial charge is 0.247 e. The Morgan fingerprint density at radius 1 is 0.524 bits per heavy atom. The number of furan rings is 2. The number of rotatable bonds is 11. The molecule has 0 spiro atoms. The van der Waals surface area contributed by atoms with E-state index in [0.717, 1.165) is 83.8 Å². The normalized spacial score (nSPS) is 11.6. The zero-order valence-electron chi connectivity index (χ0n) is 33.9. The monoisotopic (exact) mass is 820 g/mol. The van der Waals surface area contributed by atoms with Crippen molar-refractivity contribution in [3.8, 4) is 34.0 Å². The van der Waals surface area contributed by atoms with Gasteiger partial charge in [-0.3, -0.25) is 0 Å². The van der Waals surface area contributed by atoms with Gasteiger partial charge < -0.3 is 27.5 Å². The Morgan fingerprint density at radius 3 is 1.48 bits per heavy atom. The minimum atomic E-state index is 0.392. The lowest BCUT2D eigenvalue weighted by Gasteiger charge is -2.26. The topological polar surface area (TPSA) is 110 Å². The fourth-order valence-electron chi connectivity index (χ4n) is 7.91. The standard InChI is InChI=1S/C53H36N6O4/c1-3-5-46-52(54-2)62-50(56-46)36-11-19-42(20-12-36)58(44-23-25-48-38(32-44)27-30-60-48)40-15-7-34(8-16-40)35-9-17-41(18-10-35)59(45-24-26-49-39(33-45)28-31-61-49)43-21-13-37(14-22-43)51-57-47-6-4-29-55-53(47)63-51/h3-33H,2H2,1H3/b5-3-. The first-order valence-corrected chi connectivity index (χ1v) is 20.4. The van der Waals surface area contributed by atoms with Gasteiger partial charge in [0.25, 0.3) is 0 Å². The van der Waals surface area contributed by atoms with Crippen LogP contribution in [0.25, 0.3) is 73.3 Å². The number of aromatic nitrogens is 3.